The Kier molecular flexibility index (Phi) is 3.67. The van der Waals surface area contributed by atoms with Gasteiger partial charge >= 0.3 is 0 Å². The Hall–Kier alpha value is -1.16. The van der Waals surface area contributed by atoms with Gasteiger partial charge in [0.15, 0.2) is 0 Å². The van der Waals surface area contributed by atoms with Crippen molar-refractivity contribution < 1.29 is 0 Å². The summed E-state index contributed by atoms with van der Waals surface area (Å²) in [6.45, 7) is 10.8. The fourth-order valence-corrected chi connectivity index (χ4v) is 2.76. The maximum atomic E-state index is 4.87. The van der Waals surface area contributed by atoms with Crippen LogP contribution in [0.2, 0.25) is 0 Å². The molecule has 1 aromatic rings. The van der Waals surface area contributed by atoms with E-state index in [-0.39, 0.29) is 5.41 Å². The summed E-state index contributed by atoms with van der Waals surface area (Å²) in [6, 6.07) is 2.24. The Morgan fingerprint density at radius 1 is 1.15 bits per heavy atom. The number of aromatic nitrogens is 2. The van der Waals surface area contributed by atoms with Gasteiger partial charge in [0, 0.05) is 49.3 Å². The molecule has 1 aliphatic carbocycles. The van der Waals surface area contributed by atoms with Gasteiger partial charge in [-0.3, -0.25) is 0 Å². The lowest BCUT2D eigenvalue weighted by Gasteiger charge is -2.32. The molecule has 3 rings (SSSR count). The molecule has 0 atom stereocenters. The maximum absolute atomic E-state index is 4.87. The third-order valence-electron chi connectivity index (χ3n) is 4.37. The van der Waals surface area contributed by atoms with Gasteiger partial charge in [-0.15, -0.1) is 0 Å². The first-order valence-corrected chi connectivity index (χ1v) is 7.89. The van der Waals surface area contributed by atoms with E-state index in [1.807, 2.05) is 0 Å². The van der Waals surface area contributed by atoms with Crippen LogP contribution in [0.15, 0.2) is 6.07 Å². The Morgan fingerprint density at radius 2 is 1.85 bits per heavy atom. The van der Waals surface area contributed by atoms with E-state index in [2.05, 4.69) is 37.1 Å². The van der Waals surface area contributed by atoms with E-state index < -0.39 is 0 Å². The molecule has 4 nitrogen and oxygen atoms in total. The van der Waals surface area contributed by atoms with E-state index in [1.54, 1.807) is 0 Å². The van der Waals surface area contributed by atoms with Crippen molar-refractivity contribution in [3.63, 3.8) is 0 Å². The van der Waals surface area contributed by atoms with Gasteiger partial charge in [0.05, 0.1) is 0 Å². The molecule has 0 unspecified atom stereocenters. The molecular weight excluding hydrogens is 248 g/mol. The molecule has 110 valence electrons. The van der Waals surface area contributed by atoms with E-state index in [1.165, 1.54) is 25.0 Å². The van der Waals surface area contributed by atoms with Crippen LogP contribution in [0.25, 0.3) is 0 Å². The predicted molar refractivity (Wildman–Crippen MR) is 82.4 cm³/mol. The Morgan fingerprint density at radius 3 is 2.40 bits per heavy atom. The molecule has 20 heavy (non-hydrogen) atoms. The minimum atomic E-state index is 0.0164. The molecule has 0 radical (unpaired) electrons. The number of hydrogen-bond acceptors (Lipinski definition) is 4. The lowest BCUT2D eigenvalue weighted by Crippen LogP contribution is -2.44. The van der Waals surface area contributed by atoms with Gasteiger partial charge in [0.1, 0.15) is 11.6 Å². The van der Waals surface area contributed by atoms with Crippen LogP contribution in [0.5, 0.6) is 0 Å². The zero-order chi connectivity index (χ0) is 14.2. The zero-order valence-electron chi connectivity index (χ0n) is 12.9. The number of piperazine rings is 1. The molecule has 4 heteroatoms. The summed E-state index contributed by atoms with van der Waals surface area (Å²) in [5, 5.41) is 3.40. The fraction of sp³-hybridized carbons (Fsp3) is 0.750. The predicted octanol–water partition coefficient (Wildman–Crippen LogP) is 2.45. The van der Waals surface area contributed by atoms with Crippen LogP contribution in [0.1, 0.15) is 57.5 Å². The van der Waals surface area contributed by atoms with Crippen molar-refractivity contribution in [2.24, 2.45) is 0 Å². The van der Waals surface area contributed by atoms with Crippen molar-refractivity contribution in [1.29, 1.82) is 0 Å². The monoisotopic (exact) mass is 274 g/mol. The van der Waals surface area contributed by atoms with Crippen molar-refractivity contribution >= 4 is 5.82 Å². The Balaban J connectivity index is 1.94. The van der Waals surface area contributed by atoms with Crippen LogP contribution < -0.4 is 10.2 Å². The van der Waals surface area contributed by atoms with Gasteiger partial charge in [-0.2, -0.15) is 0 Å². The molecule has 1 saturated carbocycles. The smallest absolute Gasteiger partial charge is 0.136 e. The maximum Gasteiger partial charge on any atom is 0.136 e. The summed E-state index contributed by atoms with van der Waals surface area (Å²) < 4.78 is 0. The van der Waals surface area contributed by atoms with Crippen LogP contribution in [0, 0.1) is 0 Å². The zero-order valence-corrected chi connectivity index (χ0v) is 12.9. The largest absolute Gasteiger partial charge is 0.354 e. The van der Waals surface area contributed by atoms with Gasteiger partial charge in [-0.25, -0.2) is 9.97 Å². The fourth-order valence-electron chi connectivity index (χ4n) is 2.76. The van der Waals surface area contributed by atoms with Crippen LogP contribution in [-0.2, 0) is 5.41 Å². The molecular formula is C16H26N4. The number of nitrogens with zero attached hydrogens (tertiary/aromatic N) is 3. The van der Waals surface area contributed by atoms with E-state index in [0.29, 0.717) is 5.92 Å². The van der Waals surface area contributed by atoms with E-state index in [4.69, 9.17) is 9.97 Å². The number of nitrogens with one attached hydrogen (secondary N) is 1. The van der Waals surface area contributed by atoms with Gasteiger partial charge in [0.2, 0.25) is 0 Å². The lowest BCUT2D eigenvalue weighted by atomic mass is 9.82. The highest BCUT2D eigenvalue weighted by atomic mass is 15.2. The first-order chi connectivity index (χ1) is 9.54. The molecule has 2 heterocycles. The van der Waals surface area contributed by atoms with Gasteiger partial charge < -0.3 is 10.2 Å². The normalized spacial score (nSPS) is 20.9. The molecule has 1 aliphatic heterocycles. The minimum Gasteiger partial charge on any atom is -0.354 e. The molecule has 0 spiro atoms. The lowest BCUT2D eigenvalue weighted by molar-refractivity contribution is 0.405. The second-order valence-corrected chi connectivity index (χ2v) is 7.09. The standard InChI is InChI=1S/C16H26N4/c1-16(2,3)15-18-13(12-5-4-6-12)11-14(19-15)20-9-7-17-8-10-20/h11-12,17H,4-10H2,1-3H3. The van der Waals surface area contributed by atoms with Crippen molar-refractivity contribution in [3.8, 4) is 0 Å². The van der Waals surface area contributed by atoms with Crippen molar-refractivity contribution in [3.05, 3.63) is 17.6 Å². The van der Waals surface area contributed by atoms with Gasteiger partial charge in [-0.1, -0.05) is 27.2 Å². The summed E-state index contributed by atoms with van der Waals surface area (Å²) in [5.41, 5.74) is 1.28. The number of rotatable bonds is 2. The van der Waals surface area contributed by atoms with Crippen molar-refractivity contribution in [2.45, 2.75) is 51.4 Å². The van der Waals surface area contributed by atoms with E-state index >= 15 is 0 Å². The molecule has 2 fully saturated rings. The van der Waals surface area contributed by atoms with Crippen LogP contribution >= 0.6 is 0 Å². The minimum absolute atomic E-state index is 0.0164. The quantitative estimate of drug-likeness (QED) is 0.899. The molecule has 0 bridgehead atoms. The number of anilines is 1. The third-order valence-corrected chi connectivity index (χ3v) is 4.37. The molecule has 0 amide bonds. The summed E-state index contributed by atoms with van der Waals surface area (Å²) in [7, 11) is 0. The van der Waals surface area contributed by atoms with Gasteiger partial charge in [-0.05, 0) is 12.8 Å². The summed E-state index contributed by atoms with van der Waals surface area (Å²) in [6.07, 6.45) is 3.94. The second-order valence-electron chi connectivity index (χ2n) is 7.09. The highest BCUT2D eigenvalue weighted by molar-refractivity contribution is 5.42. The molecule has 1 aromatic heterocycles. The SMILES string of the molecule is CC(C)(C)c1nc(C2CCC2)cc(N2CCNCC2)n1. The third kappa shape index (κ3) is 2.80. The Bertz CT molecular complexity index is 468. The van der Waals surface area contributed by atoms with Crippen molar-refractivity contribution in [2.75, 3.05) is 31.1 Å². The first-order valence-electron chi connectivity index (χ1n) is 7.89. The summed E-state index contributed by atoms with van der Waals surface area (Å²) >= 11 is 0. The first kappa shape index (κ1) is 13.8. The van der Waals surface area contributed by atoms with E-state index in [9.17, 15) is 0 Å². The van der Waals surface area contributed by atoms with Gasteiger partial charge in [0.25, 0.3) is 0 Å². The molecule has 1 saturated heterocycles. The number of hydrogen-bond donors (Lipinski definition) is 1. The summed E-state index contributed by atoms with van der Waals surface area (Å²) in [5.74, 6) is 2.80. The molecule has 1 N–H and O–H groups in total. The second kappa shape index (κ2) is 5.32. The van der Waals surface area contributed by atoms with Crippen LogP contribution in [-0.4, -0.2) is 36.1 Å². The highest BCUT2D eigenvalue weighted by Gasteiger charge is 2.26. The average molecular weight is 274 g/mol. The molecule has 0 aromatic carbocycles. The average Bonchev–Trinajstić information content (AvgIpc) is 2.36. The van der Waals surface area contributed by atoms with Crippen LogP contribution in [0.4, 0.5) is 5.82 Å². The topological polar surface area (TPSA) is 41.1 Å². The van der Waals surface area contributed by atoms with Crippen LogP contribution in [0.3, 0.4) is 0 Å². The summed E-state index contributed by atoms with van der Waals surface area (Å²) in [4.78, 5) is 12.1. The molecule has 2 aliphatic rings. The van der Waals surface area contributed by atoms with Crippen molar-refractivity contribution in [1.82, 2.24) is 15.3 Å². The van der Waals surface area contributed by atoms with E-state index in [0.717, 1.165) is 37.8 Å². The Labute approximate surface area is 122 Å². The highest BCUT2D eigenvalue weighted by Crippen LogP contribution is 2.37.